The van der Waals surface area contributed by atoms with Crippen molar-refractivity contribution in [3.05, 3.63) is 71.8 Å². The Kier molecular flexibility index (Phi) is 5.24. The Morgan fingerprint density at radius 2 is 0.950 bits per heavy atom. The topological polar surface area (TPSA) is 34.1 Å². The molecule has 0 heterocycles. The zero-order valence-corrected chi connectivity index (χ0v) is 11.4. The van der Waals surface area contributed by atoms with Crippen LogP contribution in [0.4, 0.5) is 0 Å². The first-order valence-corrected chi connectivity index (χ1v) is 6.94. The average molecular weight is 266 g/mol. The van der Waals surface area contributed by atoms with Crippen LogP contribution in [0.25, 0.3) is 0 Å². The van der Waals surface area contributed by atoms with Crippen molar-refractivity contribution in [1.82, 2.24) is 0 Å². The van der Waals surface area contributed by atoms with E-state index in [0.29, 0.717) is 12.8 Å². The summed E-state index contributed by atoms with van der Waals surface area (Å²) in [6.45, 7) is 0. The monoisotopic (exact) mass is 266 g/mol. The Bertz CT molecular complexity index is 505. The third-order valence-corrected chi connectivity index (χ3v) is 3.25. The first kappa shape index (κ1) is 14.2. The largest absolute Gasteiger partial charge is 0.294 e. The molecule has 0 N–H and O–H groups in total. The van der Waals surface area contributed by atoms with E-state index in [1.54, 1.807) is 0 Å². The Morgan fingerprint density at radius 1 is 0.600 bits per heavy atom. The van der Waals surface area contributed by atoms with Crippen LogP contribution in [0.2, 0.25) is 0 Å². The molecule has 0 spiro atoms. The van der Waals surface area contributed by atoms with Gasteiger partial charge in [0, 0.05) is 24.0 Å². The number of hydrogen-bond acceptors (Lipinski definition) is 2. The highest BCUT2D eigenvalue weighted by Crippen LogP contribution is 2.11. The van der Waals surface area contributed by atoms with Gasteiger partial charge >= 0.3 is 0 Å². The number of carbonyl (C=O) groups excluding carboxylic acids is 2. The third kappa shape index (κ3) is 4.16. The number of carbonyl (C=O) groups is 2. The van der Waals surface area contributed by atoms with Crippen molar-refractivity contribution in [2.24, 2.45) is 0 Å². The summed E-state index contributed by atoms with van der Waals surface area (Å²) in [5.74, 6) is 0.301. The van der Waals surface area contributed by atoms with Crippen LogP contribution in [-0.2, 0) is 0 Å². The maximum absolute atomic E-state index is 11.9. The number of ketones is 2. The molecule has 2 heteroatoms. The smallest absolute Gasteiger partial charge is 0.162 e. The first-order chi connectivity index (χ1) is 9.77. The normalized spacial score (nSPS) is 10.2. The number of hydrogen-bond donors (Lipinski definition) is 0. The first-order valence-electron chi connectivity index (χ1n) is 6.94. The lowest BCUT2D eigenvalue weighted by molar-refractivity contribution is 0.0954. The number of rotatable bonds is 7. The van der Waals surface area contributed by atoms with Gasteiger partial charge in [-0.05, 0) is 12.8 Å². The molecular formula is C18H18O2. The van der Waals surface area contributed by atoms with Crippen LogP contribution in [0.3, 0.4) is 0 Å². The molecule has 2 rings (SSSR count). The second-order valence-corrected chi connectivity index (χ2v) is 4.79. The molecule has 20 heavy (non-hydrogen) atoms. The predicted octanol–water partition coefficient (Wildman–Crippen LogP) is 4.31. The van der Waals surface area contributed by atoms with E-state index in [0.717, 1.165) is 24.0 Å². The molecule has 0 aromatic heterocycles. The Morgan fingerprint density at radius 3 is 1.30 bits per heavy atom. The summed E-state index contributed by atoms with van der Waals surface area (Å²) in [5, 5.41) is 0. The molecule has 0 bridgehead atoms. The van der Waals surface area contributed by atoms with Gasteiger partial charge in [-0.1, -0.05) is 60.7 Å². The van der Waals surface area contributed by atoms with E-state index in [1.165, 1.54) is 0 Å². The number of benzene rings is 2. The van der Waals surface area contributed by atoms with Gasteiger partial charge in [0.05, 0.1) is 0 Å². The van der Waals surface area contributed by atoms with Gasteiger partial charge in [-0.2, -0.15) is 0 Å². The second-order valence-electron chi connectivity index (χ2n) is 4.79. The van der Waals surface area contributed by atoms with E-state index < -0.39 is 0 Å². The van der Waals surface area contributed by atoms with Crippen LogP contribution in [0.1, 0.15) is 46.4 Å². The highest BCUT2D eigenvalue weighted by atomic mass is 16.1. The van der Waals surface area contributed by atoms with Crippen LogP contribution in [0.15, 0.2) is 60.7 Å². The summed E-state index contributed by atoms with van der Waals surface area (Å²) in [7, 11) is 0. The summed E-state index contributed by atoms with van der Waals surface area (Å²) in [4.78, 5) is 23.7. The van der Waals surface area contributed by atoms with Gasteiger partial charge in [0.1, 0.15) is 0 Å². The molecule has 0 unspecified atom stereocenters. The lowest BCUT2D eigenvalue weighted by atomic mass is 10.0. The zero-order chi connectivity index (χ0) is 14.2. The summed E-state index contributed by atoms with van der Waals surface area (Å²) < 4.78 is 0. The van der Waals surface area contributed by atoms with Crippen LogP contribution < -0.4 is 0 Å². The van der Waals surface area contributed by atoms with E-state index >= 15 is 0 Å². The van der Waals surface area contributed by atoms with Crippen molar-refractivity contribution in [2.45, 2.75) is 25.7 Å². The van der Waals surface area contributed by atoms with Gasteiger partial charge in [0.25, 0.3) is 0 Å². The van der Waals surface area contributed by atoms with Crippen molar-refractivity contribution in [3.63, 3.8) is 0 Å². The van der Waals surface area contributed by atoms with E-state index in [4.69, 9.17) is 0 Å². The number of unbranched alkanes of at least 4 members (excludes halogenated alkanes) is 1. The fourth-order valence-corrected chi connectivity index (χ4v) is 2.11. The molecule has 2 aromatic rings. The van der Waals surface area contributed by atoms with E-state index in [-0.39, 0.29) is 11.6 Å². The van der Waals surface area contributed by atoms with Crippen LogP contribution in [-0.4, -0.2) is 11.6 Å². The van der Waals surface area contributed by atoms with Gasteiger partial charge in [-0.15, -0.1) is 0 Å². The minimum Gasteiger partial charge on any atom is -0.294 e. The summed E-state index contributed by atoms with van der Waals surface area (Å²) in [6, 6.07) is 18.6. The molecule has 0 saturated heterocycles. The summed E-state index contributed by atoms with van der Waals surface area (Å²) in [6.07, 6.45) is 2.52. The molecule has 0 amide bonds. The van der Waals surface area contributed by atoms with Crippen LogP contribution in [0.5, 0.6) is 0 Å². The van der Waals surface area contributed by atoms with Gasteiger partial charge in [-0.3, -0.25) is 9.59 Å². The maximum atomic E-state index is 11.9. The van der Waals surface area contributed by atoms with Gasteiger partial charge in [-0.25, -0.2) is 0 Å². The van der Waals surface area contributed by atoms with E-state index in [2.05, 4.69) is 0 Å². The molecular weight excluding hydrogens is 248 g/mol. The Hall–Kier alpha value is -2.22. The van der Waals surface area contributed by atoms with Crippen molar-refractivity contribution in [3.8, 4) is 0 Å². The lowest BCUT2D eigenvalue weighted by Crippen LogP contribution is -2.01. The fourth-order valence-electron chi connectivity index (χ4n) is 2.11. The minimum atomic E-state index is 0.151. The zero-order valence-electron chi connectivity index (χ0n) is 11.4. The maximum Gasteiger partial charge on any atom is 0.162 e. The fraction of sp³-hybridized carbons (Fsp3) is 0.222. The van der Waals surface area contributed by atoms with Gasteiger partial charge < -0.3 is 0 Å². The molecule has 2 nitrogen and oxygen atoms in total. The average Bonchev–Trinajstić information content (AvgIpc) is 2.53. The lowest BCUT2D eigenvalue weighted by Gasteiger charge is -2.02. The Balaban J connectivity index is 1.72. The van der Waals surface area contributed by atoms with Crippen molar-refractivity contribution in [2.75, 3.05) is 0 Å². The van der Waals surface area contributed by atoms with E-state index in [9.17, 15) is 9.59 Å². The molecule has 0 saturated carbocycles. The summed E-state index contributed by atoms with van der Waals surface area (Å²) in [5.41, 5.74) is 1.50. The molecule has 0 aliphatic heterocycles. The Labute approximate surface area is 119 Å². The molecule has 0 aliphatic carbocycles. The van der Waals surface area contributed by atoms with Crippen LogP contribution >= 0.6 is 0 Å². The van der Waals surface area contributed by atoms with Crippen LogP contribution in [0, 0.1) is 0 Å². The van der Waals surface area contributed by atoms with Crippen molar-refractivity contribution >= 4 is 11.6 Å². The molecule has 0 aliphatic rings. The molecule has 0 fully saturated rings. The number of Topliss-reactive ketones (excluding diaryl/α,β-unsaturated/α-hetero) is 2. The van der Waals surface area contributed by atoms with Crippen molar-refractivity contribution < 1.29 is 9.59 Å². The highest BCUT2D eigenvalue weighted by molar-refractivity contribution is 5.96. The minimum absolute atomic E-state index is 0.151. The second kappa shape index (κ2) is 7.39. The van der Waals surface area contributed by atoms with Crippen molar-refractivity contribution in [1.29, 1.82) is 0 Å². The van der Waals surface area contributed by atoms with Gasteiger partial charge in [0.2, 0.25) is 0 Å². The SMILES string of the molecule is O=C(CCCCC(=O)c1ccccc1)c1ccccc1. The van der Waals surface area contributed by atoms with Gasteiger partial charge in [0.15, 0.2) is 11.6 Å². The third-order valence-electron chi connectivity index (χ3n) is 3.25. The molecule has 0 atom stereocenters. The molecule has 2 aromatic carbocycles. The highest BCUT2D eigenvalue weighted by Gasteiger charge is 2.07. The van der Waals surface area contributed by atoms with E-state index in [1.807, 2.05) is 60.7 Å². The molecule has 0 radical (unpaired) electrons. The molecule has 102 valence electrons. The summed E-state index contributed by atoms with van der Waals surface area (Å²) >= 11 is 0. The predicted molar refractivity (Wildman–Crippen MR) is 80.0 cm³/mol. The standard InChI is InChI=1S/C18H18O2/c19-17(15-9-3-1-4-10-15)13-7-8-14-18(20)16-11-5-2-6-12-16/h1-6,9-12H,7-8,13-14H2. The quantitative estimate of drug-likeness (QED) is 0.552.